The van der Waals surface area contributed by atoms with E-state index in [-0.39, 0.29) is 11.3 Å². The van der Waals surface area contributed by atoms with Gasteiger partial charge in [0.1, 0.15) is 11.5 Å². The minimum Gasteiger partial charge on any atom is -0.507 e. The number of rotatable bonds is 9. The van der Waals surface area contributed by atoms with Gasteiger partial charge in [0.05, 0.1) is 31.9 Å². The number of carbonyl (C=O) groups is 2. The van der Waals surface area contributed by atoms with Crippen LogP contribution in [0.1, 0.15) is 43.5 Å². The van der Waals surface area contributed by atoms with Gasteiger partial charge < -0.3 is 19.3 Å². The highest BCUT2D eigenvalue weighted by atomic mass is 16.5. The van der Waals surface area contributed by atoms with E-state index in [1.807, 2.05) is 45.9 Å². The van der Waals surface area contributed by atoms with Crippen LogP contribution in [-0.2, 0) is 9.59 Å². The minimum atomic E-state index is -0.887. The largest absolute Gasteiger partial charge is 0.507 e. The fourth-order valence-corrected chi connectivity index (χ4v) is 4.48. The van der Waals surface area contributed by atoms with E-state index in [9.17, 15) is 14.7 Å². The summed E-state index contributed by atoms with van der Waals surface area (Å²) < 4.78 is 17.0. The summed E-state index contributed by atoms with van der Waals surface area (Å²) in [5.41, 5.74) is 2.47. The van der Waals surface area contributed by atoms with Gasteiger partial charge >= 0.3 is 0 Å². The zero-order valence-electron chi connectivity index (χ0n) is 22.4. The fourth-order valence-electron chi connectivity index (χ4n) is 4.48. The van der Waals surface area contributed by atoms with Crippen LogP contribution in [-0.4, -0.2) is 37.1 Å². The Balaban J connectivity index is 1.91. The van der Waals surface area contributed by atoms with Crippen molar-refractivity contribution >= 4 is 23.1 Å². The molecule has 3 aromatic rings. The number of aryl methyl sites for hydroxylation is 1. The van der Waals surface area contributed by atoms with E-state index in [1.165, 1.54) is 4.90 Å². The summed E-state index contributed by atoms with van der Waals surface area (Å²) in [7, 11) is 1.55. The van der Waals surface area contributed by atoms with Crippen molar-refractivity contribution < 1.29 is 28.9 Å². The Kier molecular flexibility index (Phi) is 8.05. The van der Waals surface area contributed by atoms with E-state index in [0.29, 0.717) is 53.2 Å². The lowest BCUT2D eigenvalue weighted by Gasteiger charge is -2.26. The van der Waals surface area contributed by atoms with Crippen molar-refractivity contribution in [3.8, 4) is 17.2 Å². The molecule has 0 aromatic heterocycles. The second kappa shape index (κ2) is 11.4. The van der Waals surface area contributed by atoms with Crippen LogP contribution in [0.5, 0.6) is 17.2 Å². The first-order chi connectivity index (χ1) is 18.2. The minimum absolute atomic E-state index is 0.00914. The number of ether oxygens (including phenoxy) is 3. The number of hydrogen-bond acceptors (Lipinski definition) is 6. The molecule has 1 N–H and O–H groups in total. The highest BCUT2D eigenvalue weighted by Gasteiger charge is 2.47. The summed E-state index contributed by atoms with van der Waals surface area (Å²) in [5, 5.41) is 11.5. The molecule has 0 bridgehead atoms. The lowest BCUT2D eigenvalue weighted by atomic mass is 9.94. The van der Waals surface area contributed by atoms with Gasteiger partial charge in [-0.1, -0.05) is 44.2 Å². The van der Waals surface area contributed by atoms with Crippen molar-refractivity contribution in [1.82, 2.24) is 0 Å². The van der Waals surface area contributed by atoms with Crippen molar-refractivity contribution in [2.75, 3.05) is 25.2 Å². The molecule has 1 aliphatic rings. The Morgan fingerprint density at radius 1 is 0.974 bits per heavy atom. The summed E-state index contributed by atoms with van der Waals surface area (Å²) in [4.78, 5) is 28.4. The van der Waals surface area contributed by atoms with Crippen LogP contribution in [0.15, 0.2) is 72.3 Å². The van der Waals surface area contributed by atoms with Gasteiger partial charge in [0, 0.05) is 11.3 Å². The zero-order chi connectivity index (χ0) is 27.4. The molecule has 0 radical (unpaired) electrons. The molecule has 0 spiro atoms. The molecule has 7 nitrogen and oxygen atoms in total. The molecule has 0 aliphatic carbocycles. The van der Waals surface area contributed by atoms with Crippen molar-refractivity contribution in [2.24, 2.45) is 5.92 Å². The van der Waals surface area contributed by atoms with E-state index in [0.717, 1.165) is 5.56 Å². The Morgan fingerprint density at radius 2 is 1.74 bits per heavy atom. The summed E-state index contributed by atoms with van der Waals surface area (Å²) in [6.45, 7) is 8.77. The summed E-state index contributed by atoms with van der Waals surface area (Å²) in [5.74, 6) is 0.132. The first-order valence-corrected chi connectivity index (χ1v) is 12.7. The van der Waals surface area contributed by atoms with Crippen LogP contribution in [0.25, 0.3) is 5.76 Å². The third-order valence-electron chi connectivity index (χ3n) is 6.22. The topological polar surface area (TPSA) is 85.3 Å². The number of nitrogens with zero attached hydrogens (tertiary/aromatic N) is 1. The molecule has 198 valence electrons. The number of methoxy groups -OCH3 is 1. The van der Waals surface area contributed by atoms with Gasteiger partial charge in [-0.05, 0) is 67.3 Å². The van der Waals surface area contributed by atoms with E-state index >= 15 is 0 Å². The predicted octanol–water partition coefficient (Wildman–Crippen LogP) is 6.06. The van der Waals surface area contributed by atoms with E-state index < -0.39 is 17.7 Å². The standard InChI is InChI=1S/C31H33NO6/c1-6-37-26-17-21(13-14-25(26)36-5)28-27(29(33)22-10-8-12-24(16-22)38-18-19(2)3)30(34)31(35)32(28)23-11-7-9-20(4)15-23/h7-17,19,28,33H,6,18H2,1-5H3/b29-27-. The molecule has 4 rings (SSSR count). The van der Waals surface area contributed by atoms with E-state index in [1.54, 1.807) is 55.6 Å². The van der Waals surface area contributed by atoms with Crippen LogP contribution in [0.4, 0.5) is 5.69 Å². The smallest absolute Gasteiger partial charge is 0.300 e. The normalized spacial score (nSPS) is 16.7. The lowest BCUT2D eigenvalue weighted by molar-refractivity contribution is -0.132. The maximum absolute atomic E-state index is 13.5. The second-order valence-electron chi connectivity index (χ2n) is 9.58. The molecule has 1 amide bonds. The Hall–Kier alpha value is -4.26. The third kappa shape index (κ3) is 5.37. The lowest BCUT2D eigenvalue weighted by Crippen LogP contribution is -2.29. The highest BCUT2D eigenvalue weighted by Crippen LogP contribution is 2.44. The number of aliphatic hydroxyl groups is 1. The van der Waals surface area contributed by atoms with E-state index in [4.69, 9.17) is 14.2 Å². The molecule has 3 aromatic carbocycles. The quantitative estimate of drug-likeness (QED) is 0.212. The monoisotopic (exact) mass is 515 g/mol. The highest BCUT2D eigenvalue weighted by molar-refractivity contribution is 6.51. The van der Waals surface area contributed by atoms with Crippen molar-refractivity contribution in [3.05, 3.63) is 89.0 Å². The first-order valence-electron chi connectivity index (χ1n) is 12.7. The summed E-state index contributed by atoms with van der Waals surface area (Å²) in [6, 6.07) is 18.6. The average molecular weight is 516 g/mol. The van der Waals surface area contributed by atoms with Gasteiger partial charge in [-0.2, -0.15) is 0 Å². The van der Waals surface area contributed by atoms with Gasteiger partial charge in [0.25, 0.3) is 11.7 Å². The molecule has 1 atom stereocenters. The summed E-state index contributed by atoms with van der Waals surface area (Å²) in [6.07, 6.45) is 0. The number of aliphatic hydroxyl groups excluding tert-OH is 1. The maximum Gasteiger partial charge on any atom is 0.300 e. The molecular weight excluding hydrogens is 482 g/mol. The van der Waals surface area contributed by atoms with Gasteiger partial charge in [0.15, 0.2) is 11.5 Å². The SMILES string of the molecule is CCOc1cc(C2/C(=C(/O)c3cccc(OCC(C)C)c3)C(=O)C(=O)N2c2cccc(C)c2)ccc1OC. The molecule has 1 fully saturated rings. The number of carbonyl (C=O) groups excluding carboxylic acids is 2. The van der Waals surface area contributed by atoms with Crippen molar-refractivity contribution in [1.29, 1.82) is 0 Å². The Labute approximate surface area is 223 Å². The van der Waals surface area contributed by atoms with Gasteiger partial charge in [0.2, 0.25) is 0 Å². The van der Waals surface area contributed by atoms with Gasteiger partial charge in [-0.15, -0.1) is 0 Å². The number of benzene rings is 3. The van der Waals surface area contributed by atoms with Crippen LogP contribution in [0.3, 0.4) is 0 Å². The van der Waals surface area contributed by atoms with Crippen LogP contribution < -0.4 is 19.1 Å². The second-order valence-corrected chi connectivity index (χ2v) is 9.58. The molecule has 1 aliphatic heterocycles. The molecule has 38 heavy (non-hydrogen) atoms. The van der Waals surface area contributed by atoms with E-state index in [2.05, 4.69) is 0 Å². The summed E-state index contributed by atoms with van der Waals surface area (Å²) >= 11 is 0. The third-order valence-corrected chi connectivity index (χ3v) is 6.22. The fraction of sp³-hybridized carbons (Fsp3) is 0.290. The Morgan fingerprint density at radius 3 is 2.42 bits per heavy atom. The number of amides is 1. The molecule has 1 unspecified atom stereocenters. The van der Waals surface area contributed by atoms with Crippen molar-refractivity contribution in [3.63, 3.8) is 0 Å². The first kappa shape index (κ1) is 26.8. The number of Topliss-reactive ketones (excluding diaryl/α,β-unsaturated/α-hetero) is 1. The van der Waals surface area contributed by atoms with Crippen LogP contribution in [0, 0.1) is 12.8 Å². The van der Waals surface area contributed by atoms with Crippen LogP contribution >= 0.6 is 0 Å². The average Bonchev–Trinajstić information content (AvgIpc) is 3.17. The van der Waals surface area contributed by atoms with Crippen LogP contribution in [0.2, 0.25) is 0 Å². The number of ketones is 1. The molecule has 7 heteroatoms. The van der Waals surface area contributed by atoms with Crippen molar-refractivity contribution in [2.45, 2.75) is 33.7 Å². The Bertz CT molecular complexity index is 1380. The maximum atomic E-state index is 13.5. The predicted molar refractivity (Wildman–Crippen MR) is 147 cm³/mol. The molecular formula is C31H33NO6. The molecule has 1 heterocycles. The van der Waals surface area contributed by atoms with Gasteiger partial charge in [-0.3, -0.25) is 14.5 Å². The number of anilines is 1. The zero-order valence-corrected chi connectivity index (χ0v) is 22.4. The van der Waals surface area contributed by atoms with Gasteiger partial charge in [-0.25, -0.2) is 0 Å². The number of hydrogen-bond donors (Lipinski definition) is 1. The molecule has 1 saturated heterocycles. The molecule has 0 saturated carbocycles.